The Labute approximate surface area is 162 Å². The third kappa shape index (κ3) is 6.89. The van der Waals surface area contributed by atoms with Gasteiger partial charge in [-0.05, 0) is 71.2 Å². The van der Waals surface area contributed by atoms with E-state index in [-0.39, 0.29) is 17.9 Å². The second-order valence-corrected chi connectivity index (χ2v) is 7.46. The molecule has 0 spiro atoms. The summed E-state index contributed by atoms with van der Waals surface area (Å²) in [7, 11) is 0. The smallest absolute Gasteiger partial charge is 0.251 e. The number of rotatable bonds is 4. The Balaban J connectivity index is 0.000000194. The van der Waals surface area contributed by atoms with E-state index < -0.39 is 0 Å². The molecule has 0 atom stereocenters. The molecule has 0 bridgehead atoms. The highest BCUT2D eigenvalue weighted by molar-refractivity contribution is 5.94. The Hall–Kier alpha value is -2.62. The SMILES string of the molecule is Cc1ccc(C(=O)NC(C)C)cc1.Cc1ccc(C(=O)NC2CCC2)cc1. The molecule has 27 heavy (non-hydrogen) atoms. The van der Waals surface area contributed by atoms with Crippen LogP contribution in [0.3, 0.4) is 0 Å². The molecular weight excluding hydrogens is 336 g/mol. The first-order chi connectivity index (χ1) is 12.8. The third-order valence-corrected chi connectivity index (χ3v) is 4.49. The Morgan fingerprint density at radius 3 is 1.63 bits per heavy atom. The van der Waals surface area contributed by atoms with Crippen LogP contribution < -0.4 is 10.6 Å². The summed E-state index contributed by atoms with van der Waals surface area (Å²) in [5.41, 5.74) is 3.84. The van der Waals surface area contributed by atoms with Crippen molar-refractivity contribution >= 4 is 11.8 Å². The normalized spacial score (nSPS) is 13.2. The zero-order valence-corrected chi connectivity index (χ0v) is 16.7. The Bertz CT molecular complexity index is 745. The van der Waals surface area contributed by atoms with Crippen LogP contribution in [0.25, 0.3) is 0 Å². The van der Waals surface area contributed by atoms with E-state index in [9.17, 15) is 9.59 Å². The standard InChI is InChI=1S/C12H15NO.C11H15NO/c1-9-5-7-10(8-6-9)12(14)13-11-3-2-4-11;1-8(2)12-11(13)10-6-4-9(3)5-7-10/h5-8,11H,2-4H2,1H3,(H,13,14);4-8H,1-3H3,(H,12,13). The van der Waals surface area contributed by atoms with Gasteiger partial charge in [0.25, 0.3) is 11.8 Å². The van der Waals surface area contributed by atoms with Crippen LogP contribution in [0.1, 0.15) is 65.0 Å². The molecule has 0 aromatic heterocycles. The van der Waals surface area contributed by atoms with Crippen molar-refractivity contribution in [2.24, 2.45) is 0 Å². The number of carbonyl (C=O) groups is 2. The Kier molecular flexibility index (Phi) is 7.59. The predicted molar refractivity (Wildman–Crippen MR) is 110 cm³/mol. The van der Waals surface area contributed by atoms with E-state index >= 15 is 0 Å². The van der Waals surface area contributed by atoms with Gasteiger partial charge >= 0.3 is 0 Å². The van der Waals surface area contributed by atoms with E-state index in [1.807, 2.05) is 76.2 Å². The molecule has 0 saturated heterocycles. The molecule has 4 heteroatoms. The molecule has 2 aromatic carbocycles. The molecule has 1 aliphatic carbocycles. The Morgan fingerprint density at radius 1 is 0.815 bits per heavy atom. The summed E-state index contributed by atoms with van der Waals surface area (Å²) in [6, 6.07) is 15.9. The quantitative estimate of drug-likeness (QED) is 0.842. The molecule has 0 unspecified atom stereocenters. The van der Waals surface area contributed by atoms with Crippen LogP contribution in [0, 0.1) is 13.8 Å². The molecule has 0 aliphatic heterocycles. The van der Waals surface area contributed by atoms with Crippen LogP contribution in [0.5, 0.6) is 0 Å². The minimum atomic E-state index is -0.00463. The number of carbonyl (C=O) groups excluding carboxylic acids is 2. The molecule has 2 aromatic rings. The fourth-order valence-corrected chi connectivity index (χ4v) is 2.58. The molecule has 2 amide bonds. The number of aryl methyl sites for hydroxylation is 2. The van der Waals surface area contributed by atoms with Crippen molar-refractivity contribution in [3.63, 3.8) is 0 Å². The summed E-state index contributed by atoms with van der Waals surface area (Å²) < 4.78 is 0. The lowest BCUT2D eigenvalue weighted by molar-refractivity contribution is 0.0914. The predicted octanol–water partition coefficient (Wildman–Crippen LogP) is 4.41. The average molecular weight is 367 g/mol. The molecule has 2 N–H and O–H groups in total. The van der Waals surface area contributed by atoms with Gasteiger partial charge in [-0.15, -0.1) is 0 Å². The van der Waals surface area contributed by atoms with Crippen molar-refractivity contribution < 1.29 is 9.59 Å². The van der Waals surface area contributed by atoms with E-state index in [2.05, 4.69) is 10.6 Å². The summed E-state index contributed by atoms with van der Waals surface area (Å²) in [4.78, 5) is 23.1. The molecule has 144 valence electrons. The molecule has 0 radical (unpaired) electrons. The highest BCUT2D eigenvalue weighted by atomic mass is 16.2. The van der Waals surface area contributed by atoms with Gasteiger partial charge in [0.15, 0.2) is 0 Å². The summed E-state index contributed by atoms with van der Waals surface area (Å²) >= 11 is 0. The second-order valence-electron chi connectivity index (χ2n) is 7.46. The number of hydrogen-bond acceptors (Lipinski definition) is 2. The van der Waals surface area contributed by atoms with Crippen molar-refractivity contribution in [3.8, 4) is 0 Å². The lowest BCUT2D eigenvalue weighted by Crippen LogP contribution is -2.39. The van der Waals surface area contributed by atoms with Crippen LogP contribution in [-0.4, -0.2) is 23.9 Å². The lowest BCUT2D eigenvalue weighted by atomic mass is 9.93. The summed E-state index contributed by atoms with van der Waals surface area (Å²) in [6.07, 6.45) is 3.52. The van der Waals surface area contributed by atoms with Crippen molar-refractivity contribution in [2.45, 2.75) is 59.0 Å². The third-order valence-electron chi connectivity index (χ3n) is 4.49. The van der Waals surface area contributed by atoms with Gasteiger partial charge in [0.2, 0.25) is 0 Å². The van der Waals surface area contributed by atoms with Crippen LogP contribution in [0.15, 0.2) is 48.5 Å². The minimum Gasteiger partial charge on any atom is -0.350 e. The first-order valence-electron chi connectivity index (χ1n) is 9.60. The lowest BCUT2D eigenvalue weighted by Gasteiger charge is -2.26. The molecule has 4 nitrogen and oxygen atoms in total. The Morgan fingerprint density at radius 2 is 1.26 bits per heavy atom. The van der Waals surface area contributed by atoms with Gasteiger partial charge in [0.1, 0.15) is 0 Å². The minimum absolute atomic E-state index is 0.00463. The summed E-state index contributed by atoms with van der Waals surface area (Å²) in [6.45, 7) is 7.93. The second kappa shape index (κ2) is 9.91. The van der Waals surface area contributed by atoms with Crippen LogP contribution >= 0.6 is 0 Å². The number of hydrogen-bond donors (Lipinski definition) is 2. The fraction of sp³-hybridized carbons (Fsp3) is 0.391. The first-order valence-corrected chi connectivity index (χ1v) is 9.60. The molecule has 1 saturated carbocycles. The van der Waals surface area contributed by atoms with Gasteiger partial charge in [0.05, 0.1) is 0 Å². The largest absolute Gasteiger partial charge is 0.350 e. The maximum atomic E-state index is 11.6. The van der Waals surface area contributed by atoms with Crippen LogP contribution in [0.2, 0.25) is 0 Å². The highest BCUT2D eigenvalue weighted by Crippen LogP contribution is 2.18. The molecule has 1 fully saturated rings. The van der Waals surface area contributed by atoms with Gasteiger partial charge in [-0.25, -0.2) is 0 Å². The maximum Gasteiger partial charge on any atom is 0.251 e. The highest BCUT2D eigenvalue weighted by Gasteiger charge is 2.19. The van der Waals surface area contributed by atoms with E-state index in [1.165, 1.54) is 17.5 Å². The topological polar surface area (TPSA) is 58.2 Å². The average Bonchev–Trinajstić information content (AvgIpc) is 2.59. The number of benzene rings is 2. The van der Waals surface area contributed by atoms with Gasteiger partial charge in [0, 0.05) is 23.2 Å². The van der Waals surface area contributed by atoms with E-state index in [0.29, 0.717) is 6.04 Å². The van der Waals surface area contributed by atoms with E-state index in [0.717, 1.165) is 24.0 Å². The molecule has 0 heterocycles. The van der Waals surface area contributed by atoms with Gasteiger partial charge in [-0.1, -0.05) is 35.4 Å². The van der Waals surface area contributed by atoms with Gasteiger partial charge < -0.3 is 10.6 Å². The summed E-state index contributed by atoms with van der Waals surface area (Å²) in [5, 5.41) is 5.85. The first kappa shape index (κ1) is 20.7. The van der Waals surface area contributed by atoms with Gasteiger partial charge in [-0.3, -0.25) is 9.59 Å². The van der Waals surface area contributed by atoms with Crippen molar-refractivity contribution in [2.75, 3.05) is 0 Å². The monoisotopic (exact) mass is 366 g/mol. The fourth-order valence-electron chi connectivity index (χ4n) is 2.58. The van der Waals surface area contributed by atoms with Crippen LogP contribution in [0.4, 0.5) is 0 Å². The molecule has 3 rings (SSSR count). The zero-order valence-electron chi connectivity index (χ0n) is 16.7. The van der Waals surface area contributed by atoms with E-state index in [4.69, 9.17) is 0 Å². The van der Waals surface area contributed by atoms with Crippen LogP contribution in [-0.2, 0) is 0 Å². The maximum absolute atomic E-state index is 11.6. The van der Waals surface area contributed by atoms with E-state index in [1.54, 1.807) is 0 Å². The number of amides is 2. The zero-order chi connectivity index (χ0) is 19.8. The van der Waals surface area contributed by atoms with Crippen molar-refractivity contribution in [3.05, 3.63) is 70.8 Å². The number of nitrogens with one attached hydrogen (secondary N) is 2. The van der Waals surface area contributed by atoms with Gasteiger partial charge in [-0.2, -0.15) is 0 Å². The molecular formula is C23H30N2O2. The molecule has 1 aliphatic rings. The summed E-state index contributed by atoms with van der Waals surface area (Å²) in [5.74, 6) is 0.0599. The van der Waals surface area contributed by atoms with Crippen molar-refractivity contribution in [1.29, 1.82) is 0 Å². The van der Waals surface area contributed by atoms with Crippen molar-refractivity contribution in [1.82, 2.24) is 10.6 Å².